The molecule has 0 unspecified atom stereocenters. The van der Waals surface area contributed by atoms with Gasteiger partial charge in [0.1, 0.15) is 6.42 Å². The van der Waals surface area contributed by atoms with Gasteiger partial charge in [0.25, 0.3) is 0 Å². The Hall–Kier alpha value is -2.36. The van der Waals surface area contributed by atoms with Crippen LogP contribution in [0.5, 0.6) is 0 Å². The molecule has 0 aliphatic heterocycles. The predicted octanol–water partition coefficient (Wildman–Crippen LogP) is 1.67. The number of nitrogens with zero attached hydrogens (tertiary/aromatic N) is 1. The van der Waals surface area contributed by atoms with E-state index in [4.69, 9.17) is 5.73 Å². The van der Waals surface area contributed by atoms with Crippen molar-refractivity contribution in [2.75, 3.05) is 7.05 Å². The monoisotopic (exact) mass is 256 g/mol. The van der Waals surface area contributed by atoms with Crippen LogP contribution in [0.1, 0.15) is 12.0 Å². The van der Waals surface area contributed by atoms with Crippen molar-refractivity contribution in [1.29, 1.82) is 0 Å². The van der Waals surface area contributed by atoms with Gasteiger partial charge in [-0.05, 0) is 16.3 Å². The Morgan fingerprint density at radius 1 is 1.11 bits per heavy atom. The summed E-state index contributed by atoms with van der Waals surface area (Å²) in [6.07, 6.45) is -0.249. The first-order chi connectivity index (χ1) is 9.08. The van der Waals surface area contributed by atoms with Crippen LogP contribution in [0.2, 0.25) is 0 Å². The van der Waals surface area contributed by atoms with Gasteiger partial charge in [-0.1, -0.05) is 42.5 Å². The molecule has 2 aromatic carbocycles. The third-order valence-corrected chi connectivity index (χ3v) is 3.04. The number of nitrogens with two attached hydrogens (primary N) is 1. The van der Waals surface area contributed by atoms with E-state index >= 15 is 0 Å². The summed E-state index contributed by atoms with van der Waals surface area (Å²) < 4.78 is 0. The van der Waals surface area contributed by atoms with E-state index in [2.05, 4.69) is 0 Å². The van der Waals surface area contributed by atoms with Gasteiger partial charge in [0, 0.05) is 13.6 Å². The summed E-state index contributed by atoms with van der Waals surface area (Å²) in [5, 5.41) is 2.25. The lowest BCUT2D eigenvalue weighted by atomic mass is 10.0. The van der Waals surface area contributed by atoms with Gasteiger partial charge in [-0.25, -0.2) is 0 Å². The number of fused-ring (bicyclic) bond motifs is 1. The molecule has 2 N–H and O–H groups in total. The second-order valence-corrected chi connectivity index (χ2v) is 4.53. The SMILES string of the molecule is CN(Cc1cccc2ccccc12)C(=O)CC(N)=O. The van der Waals surface area contributed by atoms with E-state index in [-0.39, 0.29) is 12.3 Å². The molecule has 0 aliphatic carbocycles. The fourth-order valence-electron chi connectivity index (χ4n) is 2.06. The molecule has 2 amide bonds. The van der Waals surface area contributed by atoms with Gasteiger partial charge >= 0.3 is 0 Å². The molecule has 0 aromatic heterocycles. The largest absolute Gasteiger partial charge is 0.369 e. The Morgan fingerprint density at radius 2 is 1.79 bits per heavy atom. The number of rotatable bonds is 4. The third kappa shape index (κ3) is 3.10. The highest BCUT2D eigenvalue weighted by Crippen LogP contribution is 2.19. The minimum Gasteiger partial charge on any atom is -0.369 e. The van der Waals surface area contributed by atoms with Gasteiger partial charge in [-0.15, -0.1) is 0 Å². The first-order valence-electron chi connectivity index (χ1n) is 6.07. The molecule has 4 nitrogen and oxygen atoms in total. The zero-order chi connectivity index (χ0) is 13.8. The topological polar surface area (TPSA) is 63.4 Å². The molecule has 2 aromatic rings. The maximum atomic E-state index is 11.7. The van der Waals surface area contributed by atoms with Gasteiger partial charge in [-0.2, -0.15) is 0 Å². The van der Waals surface area contributed by atoms with Crippen molar-refractivity contribution >= 4 is 22.6 Å². The highest BCUT2D eigenvalue weighted by Gasteiger charge is 2.12. The first-order valence-corrected chi connectivity index (χ1v) is 6.07. The fourth-order valence-corrected chi connectivity index (χ4v) is 2.06. The Labute approximate surface area is 111 Å². The Kier molecular flexibility index (Phi) is 3.80. The molecule has 98 valence electrons. The van der Waals surface area contributed by atoms with Crippen LogP contribution in [0.15, 0.2) is 42.5 Å². The van der Waals surface area contributed by atoms with E-state index < -0.39 is 5.91 Å². The van der Waals surface area contributed by atoms with Gasteiger partial charge < -0.3 is 10.6 Å². The molecule has 0 fully saturated rings. The molecule has 0 bridgehead atoms. The first kappa shape index (κ1) is 13.1. The van der Waals surface area contributed by atoms with Crippen molar-refractivity contribution in [3.8, 4) is 0 Å². The number of carbonyl (C=O) groups is 2. The van der Waals surface area contributed by atoms with Gasteiger partial charge in [0.05, 0.1) is 0 Å². The summed E-state index contributed by atoms with van der Waals surface area (Å²) >= 11 is 0. The van der Waals surface area contributed by atoms with E-state index in [1.165, 1.54) is 4.90 Å². The number of primary amides is 1. The lowest BCUT2D eigenvalue weighted by Crippen LogP contribution is -2.30. The van der Waals surface area contributed by atoms with Gasteiger partial charge in [0.15, 0.2) is 0 Å². The molecular weight excluding hydrogens is 240 g/mol. The zero-order valence-electron chi connectivity index (χ0n) is 10.8. The molecule has 0 radical (unpaired) electrons. The Balaban J connectivity index is 2.21. The number of carbonyl (C=O) groups excluding carboxylic acids is 2. The Morgan fingerprint density at radius 3 is 2.53 bits per heavy atom. The van der Waals surface area contributed by atoms with Crippen molar-refractivity contribution in [3.05, 3.63) is 48.0 Å². The van der Waals surface area contributed by atoms with E-state index in [1.807, 2.05) is 42.5 Å². The van der Waals surface area contributed by atoms with Crippen LogP contribution in [-0.4, -0.2) is 23.8 Å². The van der Waals surface area contributed by atoms with Gasteiger partial charge in [-0.3, -0.25) is 9.59 Å². The van der Waals surface area contributed by atoms with E-state index in [0.717, 1.165) is 16.3 Å². The summed E-state index contributed by atoms with van der Waals surface area (Å²) in [5.41, 5.74) is 6.08. The summed E-state index contributed by atoms with van der Waals surface area (Å²) in [7, 11) is 1.67. The molecule has 0 atom stereocenters. The molecule has 0 aliphatic rings. The van der Waals surface area contributed by atoms with Crippen molar-refractivity contribution in [1.82, 2.24) is 4.90 Å². The van der Waals surface area contributed by atoms with Crippen molar-refractivity contribution in [3.63, 3.8) is 0 Å². The third-order valence-electron chi connectivity index (χ3n) is 3.04. The van der Waals surface area contributed by atoms with Crippen LogP contribution in [0.25, 0.3) is 10.8 Å². The molecular formula is C15H16N2O2. The molecule has 0 spiro atoms. The maximum Gasteiger partial charge on any atom is 0.232 e. The fraction of sp³-hybridized carbons (Fsp3) is 0.200. The lowest BCUT2D eigenvalue weighted by molar-refractivity contribution is -0.134. The quantitative estimate of drug-likeness (QED) is 0.846. The average molecular weight is 256 g/mol. The highest BCUT2D eigenvalue weighted by molar-refractivity contribution is 5.96. The molecule has 2 rings (SSSR count). The molecule has 19 heavy (non-hydrogen) atoms. The van der Waals surface area contributed by atoms with Gasteiger partial charge in [0.2, 0.25) is 11.8 Å². The summed E-state index contributed by atoms with van der Waals surface area (Å²) in [6, 6.07) is 14.0. The van der Waals surface area contributed by atoms with Crippen molar-refractivity contribution in [2.45, 2.75) is 13.0 Å². The van der Waals surface area contributed by atoms with Crippen molar-refractivity contribution < 1.29 is 9.59 Å². The van der Waals surface area contributed by atoms with E-state index in [1.54, 1.807) is 7.05 Å². The highest BCUT2D eigenvalue weighted by atomic mass is 16.2. The smallest absolute Gasteiger partial charge is 0.232 e. The molecule has 0 heterocycles. The standard InChI is InChI=1S/C15H16N2O2/c1-17(15(19)9-14(16)18)10-12-7-4-6-11-5-2-3-8-13(11)12/h2-8H,9-10H2,1H3,(H2,16,18). The van der Waals surface area contributed by atoms with E-state index in [0.29, 0.717) is 6.54 Å². The van der Waals surface area contributed by atoms with Crippen LogP contribution in [0.4, 0.5) is 0 Å². The number of amides is 2. The molecule has 0 saturated carbocycles. The van der Waals surface area contributed by atoms with Crippen LogP contribution in [-0.2, 0) is 16.1 Å². The minimum atomic E-state index is -0.602. The van der Waals surface area contributed by atoms with Crippen LogP contribution in [0.3, 0.4) is 0 Å². The lowest BCUT2D eigenvalue weighted by Gasteiger charge is -2.17. The number of hydrogen-bond acceptors (Lipinski definition) is 2. The average Bonchev–Trinajstić information content (AvgIpc) is 2.38. The summed E-state index contributed by atoms with van der Waals surface area (Å²) in [4.78, 5) is 24.0. The predicted molar refractivity (Wildman–Crippen MR) is 74.2 cm³/mol. The van der Waals surface area contributed by atoms with Crippen molar-refractivity contribution in [2.24, 2.45) is 5.73 Å². The van der Waals surface area contributed by atoms with Crippen LogP contribution >= 0.6 is 0 Å². The maximum absolute atomic E-state index is 11.7. The molecule has 0 saturated heterocycles. The van der Waals surface area contributed by atoms with E-state index in [9.17, 15) is 9.59 Å². The van der Waals surface area contributed by atoms with Crippen LogP contribution in [0, 0.1) is 0 Å². The number of hydrogen-bond donors (Lipinski definition) is 1. The molecule has 4 heteroatoms. The second kappa shape index (κ2) is 5.52. The zero-order valence-corrected chi connectivity index (χ0v) is 10.8. The summed E-state index contributed by atoms with van der Waals surface area (Å²) in [5.74, 6) is -0.866. The van der Waals surface area contributed by atoms with Crippen LogP contribution < -0.4 is 5.73 Å². The second-order valence-electron chi connectivity index (χ2n) is 4.53. The minimum absolute atomic E-state index is 0.249. The summed E-state index contributed by atoms with van der Waals surface area (Å²) in [6.45, 7) is 0.466. The number of benzene rings is 2. The normalized spacial score (nSPS) is 10.4. The Bertz CT molecular complexity index is 617.